The molecule has 0 unspecified atom stereocenters. The highest BCUT2D eigenvalue weighted by Gasteiger charge is 2.69. The van der Waals surface area contributed by atoms with Crippen LogP contribution in [-0.2, 0) is 14.4 Å². The molecule has 5 rings (SSSR count). The van der Waals surface area contributed by atoms with E-state index in [9.17, 15) is 14.4 Å². The van der Waals surface area contributed by atoms with Gasteiger partial charge in [0.25, 0.3) is 0 Å². The fourth-order valence-electron chi connectivity index (χ4n) is 9.84. The Morgan fingerprint density at radius 2 is 1.66 bits per heavy atom. The first-order chi connectivity index (χ1) is 16.2. The van der Waals surface area contributed by atoms with Gasteiger partial charge in [-0.25, -0.2) is 4.85 Å². The van der Waals surface area contributed by atoms with E-state index in [1.807, 2.05) is 19.1 Å². The van der Waals surface area contributed by atoms with Crippen LogP contribution >= 0.6 is 0 Å². The highest BCUT2D eigenvalue weighted by Crippen LogP contribution is 2.73. The maximum atomic E-state index is 14.2. The van der Waals surface area contributed by atoms with Crippen molar-refractivity contribution in [2.24, 2.45) is 50.7 Å². The average Bonchev–Trinajstić information content (AvgIpc) is 2.77. The summed E-state index contributed by atoms with van der Waals surface area (Å²) in [6.07, 6.45) is 10.3. The van der Waals surface area contributed by atoms with Crippen LogP contribution in [0.1, 0.15) is 93.4 Å². The van der Waals surface area contributed by atoms with E-state index in [1.165, 1.54) is 0 Å². The third-order valence-electron chi connectivity index (χ3n) is 12.2. The number of hydrogen-bond donors (Lipinski definition) is 0. The van der Waals surface area contributed by atoms with Crippen molar-refractivity contribution < 1.29 is 14.4 Å². The Labute approximate surface area is 210 Å². The van der Waals surface area contributed by atoms with Crippen molar-refractivity contribution in [3.63, 3.8) is 0 Å². The molecule has 0 radical (unpaired) electrons. The molecule has 35 heavy (non-hydrogen) atoms. The van der Waals surface area contributed by atoms with Crippen LogP contribution in [0.15, 0.2) is 23.4 Å². The number of carbonyl (C=O) groups is 3. The molecular weight excluding hydrogens is 434 g/mol. The monoisotopic (exact) mass is 475 g/mol. The van der Waals surface area contributed by atoms with Crippen molar-refractivity contribution in [3.8, 4) is 0 Å². The molecular formula is C31H41NO3. The zero-order valence-electron chi connectivity index (χ0n) is 22.6. The minimum absolute atomic E-state index is 0.0498. The Balaban J connectivity index is 1.70. The largest absolute Gasteiger partial charge is 0.308 e. The molecule has 0 aromatic heterocycles. The lowest BCUT2D eigenvalue weighted by atomic mass is 9.34. The van der Waals surface area contributed by atoms with Crippen molar-refractivity contribution in [3.05, 3.63) is 34.8 Å². The normalized spacial score (nSPS) is 48.3. The van der Waals surface area contributed by atoms with E-state index in [-0.39, 0.29) is 68.4 Å². The molecule has 5 aliphatic carbocycles. The molecule has 3 saturated carbocycles. The summed E-state index contributed by atoms with van der Waals surface area (Å²) in [5.74, 6) is 0.227. The predicted molar refractivity (Wildman–Crippen MR) is 136 cm³/mol. The molecule has 0 aliphatic heterocycles. The van der Waals surface area contributed by atoms with Crippen LogP contribution in [0.25, 0.3) is 4.85 Å². The number of rotatable bonds is 1. The van der Waals surface area contributed by atoms with Crippen molar-refractivity contribution in [1.82, 2.24) is 0 Å². The highest BCUT2D eigenvalue weighted by atomic mass is 16.1. The minimum Gasteiger partial charge on any atom is -0.308 e. The van der Waals surface area contributed by atoms with Crippen LogP contribution in [0.3, 0.4) is 0 Å². The highest BCUT2D eigenvalue weighted by molar-refractivity contribution is 6.01. The lowest BCUT2D eigenvalue weighted by Crippen LogP contribution is -2.65. The molecule has 4 heteroatoms. The summed E-state index contributed by atoms with van der Waals surface area (Å²) in [6.45, 7) is 22.8. The van der Waals surface area contributed by atoms with Gasteiger partial charge in [0, 0.05) is 22.7 Å². The van der Waals surface area contributed by atoms with Crippen LogP contribution in [0.5, 0.6) is 0 Å². The number of fused-ring (bicyclic) bond motifs is 7. The van der Waals surface area contributed by atoms with Gasteiger partial charge in [-0.3, -0.25) is 9.59 Å². The Morgan fingerprint density at radius 3 is 2.29 bits per heavy atom. The van der Waals surface area contributed by atoms with Gasteiger partial charge in [-0.15, -0.1) is 0 Å². The van der Waals surface area contributed by atoms with Crippen LogP contribution in [-0.4, -0.2) is 17.3 Å². The van der Waals surface area contributed by atoms with Crippen LogP contribution in [0.2, 0.25) is 0 Å². The molecule has 0 N–H and O–H groups in total. The van der Waals surface area contributed by atoms with Crippen molar-refractivity contribution in [2.45, 2.75) is 93.4 Å². The smallest absolute Gasteiger partial charge is 0.226 e. The molecule has 5 aliphatic rings. The van der Waals surface area contributed by atoms with E-state index >= 15 is 0 Å². The molecule has 4 nitrogen and oxygen atoms in total. The van der Waals surface area contributed by atoms with Gasteiger partial charge in [0.15, 0.2) is 11.6 Å². The molecule has 8 atom stereocenters. The first-order valence-corrected chi connectivity index (χ1v) is 13.6. The maximum absolute atomic E-state index is 14.2. The molecule has 0 spiro atoms. The molecule has 0 aromatic carbocycles. The van der Waals surface area contributed by atoms with Gasteiger partial charge in [-0.2, -0.15) is 0 Å². The lowest BCUT2D eigenvalue weighted by molar-refractivity contribution is -0.175. The summed E-state index contributed by atoms with van der Waals surface area (Å²) in [7, 11) is 0. The van der Waals surface area contributed by atoms with Gasteiger partial charge in [0.2, 0.25) is 5.70 Å². The third-order valence-corrected chi connectivity index (χ3v) is 12.2. The molecule has 0 heterocycles. The number of hydrogen-bond acceptors (Lipinski definition) is 3. The molecule has 0 saturated heterocycles. The molecule has 3 fully saturated rings. The summed E-state index contributed by atoms with van der Waals surface area (Å²) in [4.78, 5) is 43.9. The zero-order chi connectivity index (χ0) is 25.8. The second-order valence-electron chi connectivity index (χ2n) is 14.1. The zero-order valence-corrected chi connectivity index (χ0v) is 22.6. The van der Waals surface area contributed by atoms with Gasteiger partial charge in [0.05, 0.1) is 6.57 Å². The van der Waals surface area contributed by atoms with E-state index in [4.69, 9.17) is 6.57 Å². The fraction of sp³-hybridized carbons (Fsp3) is 0.742. The van der Waals surface area contributed by atoms with Gasteiger partial charge in [-0.1, -0.05) is 53.2 Å². The van der Waals surface area contributed by atoms with E-state index in [0.717, 1.165) is 50.5 Å². The van der Waals surface area contributed by atoms with E-state index in [1.54, 1.807) is 6.92 Å². The van der Waals surface area contributed by atoms with Gasteiger partial charge >= 0.3 is 0 Å². The third kappa shape index (κ3) is 2.93. The van der Waals surface area contributed by atoms with E-state index < -0.39 is 5.41 Å². The number of carbonyl (C=O) groups excluding carboxylic acids is 3. The summed E-state index contributed by atoms with van der Waals surface area (Å²) in [6, 6.07) is 0. The standard InChI is InChI=1S/C31H41NO3/c1-18-20-9-10-29(6)24(28(20,5)17-22(32-8)26(18)35)15-23(34)25-21-16-27(3,4)11-13-31(21,19(2)33)14-12-30(25,29)7/h15,17-18,20-21,25H,9-14,16H2,1-7H3/t18-,20-,21-,25-,28-,29+,30+,31+/m0/s1. The Hall–Kier alpha value is -2.02. The Bertz CT molecular complexity index is 1140. The van der Waals surface area contributed by atoms with Crippen LogP contribution in [0, 0.1) is 57.3 Å². The molecule has 0 bridgehead atoms. The number of allylic oxidation sites excluding steroid dienone is 4. The first-order valence-electron chi connectivity index (χ1n) is 13.6. The SMILES string of the molecule is [C-]#[N+]C1=C[C@]2(C)C3=CC(=O)[C@@H]4[C@@H]5CC(C)(C)CC[C@]5(C(C)=O)CC[C@@]4(C)[C@]3(C)CC[C@H]2[C@H](C)C1=O. The molecule has 0 amide bonds. The first kappa shape index (κ1) is 24.7. The van der Waals surface area contributed by atoms with Crippen molar-refractivity contribution >= 4 is 17.3 Å². The molecule has 188 valence electrons. The lowest BCUT2D eigenvalue weighted by Gasteiger charge is -2.68. The number of nitrogens with zero attached hydrogens (tertiary/aromatic N) is 1. The minimum atomic E-state index is -0.467. The van der Waals surface area contributed by atoms with Crippen LogP contribution in [0.4, 0.5) is 0 Å². The van der Waals surface area contributed by atoms with Gasteiger partial charge in [0.1, 0.15) is 5.78 Å². The van der Waals surface area contributed by atoms with Crippen molar-refractivity contribution in [1.29, 1.82) is 0 Å². The maximum Gasteiger partial charge on any atom is 0.226 e. The predicted octanol–water partition coefficient (Wildman–Crippen LogP) is 6.76. The number of Topliss-reactive ketones (excluding diaryl/α,β-unsaturated/α-hetero) is 2. The molecule has 0 aromatic rings. The quantitative estimate of drug-likeness (QED) is 0.394. The van der Waals surface area contributed by atoms with E-state index in [0.29, 0.717) is 0 Å². The van der Waals surface area contributed by atoms with Gasteiger partial charge < -0.3 is 4.79 Å². The Kier molecular flexibility index (Phi) is 5.12. The topological polar surface area (TPSA) is 55.6 Å². The fourth-order valence-corrected chi connectivity index (χ4v) is 9.84. The summed E-state index contributed by atoms with van der Waals surface area (Å²) in [5.41, 5.74) is 0.209. The van der Waals surface area contributed by atoms with Crippen molar-refractivity contribution in [2.75, 3.05) is 0 Å². The Morgan fingerprint density at radius 1 is 1.00 bits per heavy atom. The summed E-state index contributed by atoms with van der Waals surface area (Å²) >= 11 is 0. The van der Waals surface area contributed by atoms with E-state index in [2.05, 4.69) is 39.5 Å². The second-order valence-corrected chi connectivity index (χ2v) is 14.1. The average molecular weight is 476 g/mol. The number of ketones is 3. The summed E-state index contributed by atoms with van der Waals surface area (Å²) < 4.78 is 0. The second kappa shape index (κ2) is 7.27. The summed E-state index contributed by atoms with van der Waals surface area (Å²) in [5, 5.41) is 0. The van der Waals surface area contributed by atoms with Crippen LogP contribution < -0.4 is 0 Å². The van der Waals surface area contributed by atoms with Gasteiger partial charge in [-0.05, 0) is 86.0 Å².